The maximum atomic E-state index is 13.6. The van der Waals surface area contributed by atoms with Crippen molar-refractivity contribution in [3.05, 3.63) is 65.7 Å². The molecular weight excluding hydrogens is 574 g/mol. The zero-order valence-corrected chi connectivity index (χ0v) is 25.8. The van der Waals surface area contributed by atoms with Gasteiger partial charge in [-0.2, -0.15) is 8.42 Å². The maximum absolute atomic E-state index is 13.6. The molecule has 2 atom stereocenters. The third-order valence-electron chi connectivity index (χ3n) is 6.49. The van der Waals surface area contributed by atoms with Crippen molar-refractivity contribution in [2.24, 2.45) is 0 Å². The zero-order chi connectivity index (χ0) is 31.6. The molecule has 4 N–H and O–H groups in total. The summed E-state index contributed by atoms with van der Waals surface area (Å²) in [7, 11) is -3.96. The van der Waals surface area contributed by atoms with E-state index in [1.807, 2.05) is 35.1 Å². The van der Waals surface area contributed by atoms with Gasteiger partial charge in [-0.15, -0.1) is 0 Å². The predicted molar refractivity (Wildman–Crippen MR) is 162 cm³/mol. The molecule has 234 valence electrons. The number of hydrogen-bond acceptors (Lipinski definition) is 7. The van der Waals surface area contributed by atoms with Crippen LogP contribution < -0.4 is 25.0 Å². The van der Waals surface area contributed by atoms with Crippen molar-refractivity contribution in [1.29, 1.82) is 0 Å². The van der Waals surface area contributed by atoms with Crippen LogP contribution in [0.2, 0.25) is 0 Å². The lowest BCUT2D eigenvalue weighted by Gasteiger charge is -2.25. The Morgan fingerprint density at radius 1 is 0.907 bits per heavy atom. The minimum Gasteiger partial charge on any atom is -0.444 e. The number of carbonyl (C=O) groups excluding carboxylic acids is 4. The van der Waals surface area contributed by atoms with Crippen LogP contribution in [0.3, 0.4) is 0 Å². The average molecular weight is 616 g/mol. The Morgan fingerprint density at radius 3 is 2.07 bits per heavy atom. The second-order valence-electron chi connectivity index (χ2n) is 11.4. The van der Waals surface area contributed by atoms with Gasteiger partial charge in [0.1, 0.15) is 24.2 Å². The van der Waals surface area contributed by atoms with Gasteiger partial charge in [-0.3, -0.25) is 14.4 Å². The summed E-state index contributed by atoms with van der Waals surface area (Å²) in [5.41, 5.74) is 0.965. The van der Waals surface area contributed by atoms with Crippen molar-refractivity contribution in [3.63, 3.8) is 0 Å². The first-order chi connectivity index (χ1) is 20.3. The summed E-state index contributed by atoms with van der Waals surface area (Å²) in [4.78, 5) is 51.1. The third kappa shape index (κ3) is 10.6. The lowest BCUT2D eigenvalue weighted by molar-refractivity contribution is -0.130. The van der Waals surface area contributed by atoms with Crippen molar-refractivity contribution < 1.29 is 32.3 Å². The fourth-order valence-electron chi connectivity index (χ4n) is 4.41. The molecule has 1 saturated heterocycles. The second-order valence-corrected chi connectivity index (χ2v) is 13.0. The van der Waals surface area contributed by atoms with Crippen molar-refractivity contribution in [2.45, 2.75) is 77.5 Å². The molecule has 0 spiro atoms. The molecule has 0 aliphatic carbocycles. The molecule has 12 nitrogen and oxygen atoms in total. The van der Waals surface area contributed by atoms with E-state index in [4.69, 9.17) is 4.74 Å². The first kappa shape index (κ1) is 33.4. The Balaban J connectivity index is 1.80. The maximum Gasteiger partial charge on any atom is 0.408 e. The summed E-state index contributed by atoms with van der Waals surface area (Å²) in [5, 5.41) is 8.32. The van der Waals surface area contributed by atoms with Crippen LogP contribution in [0.1, 0.15) is 58.1 Å². The summed E-state index contributed by atoms with van der Waals surface area (Å²) < 4.78 is 32.6. The second kappa shape index (κ2) is 14.9. The molecule has 4 amide bonds. The molecule has 2 aromatic carbocycles. The molecule has 1 aliphatic heterocycles. The number of nitrogens with one attached hydrogen (secondary N) is 4. The minimum atomic E-state index is -3.96. The first-order valence-electron chi connectivity index (χ1n) is 14.3. The van der Waals surface area contributed by atoms with E-state index in [-0.39, 0.29) is 31.0 Å². The monoisotopic (exact) mass is 615 g/mol. The van der Waals surface area contributed by atoms with Crippen LogP contribution in [0.5, 0.6) is 0 Å². The number of carbonyl (C=O) groups is 4. The lowest BCUT2D eigenvalue weighted by Crippen LogP contribution is -2.55. The molecule has 0 unspecified atom stereocenters. The molecule has 13 heteroatoms. The first-order valence-corrected chi connectivity index (χ1v) is 15.7. The van der Waals surface area contributed by atoms with Gasteiger partial charge in [0.05, 0.1) is 5.69 Å². The van der Waals surface area contributed by atoms with E-state index in [9.17, 15) is 27.6 Å². The number of nitrogens with zero attached hydrogens (tertiary/aromatic N) is 1. The van der Waals surface area contributed by atoms with E-state index < -0.39 is 45.8 Å². The largest absolute Gasteiger partial charge is 0.444 e. The van der Waals surface area contributed by atoms with Crippen LogP contribution in [0, 0.1) is 0 Å². The summed E-state index contributed by atoms with van der Waals surface area (Å²) in [6, 6.07) is 13.5. The third-order valence-corrected chi connectivity index (χ3v) is 7.89. The van der Waals surface area contributed by atoms with Gasteiger partial charge in [-0.1, -0.05) is 62.2 Å². The molecule has 0 bridgehead atoms. The highest BCUT2D eigenvalue weighted by atomic mass is 32.2. The molecular formula is C30H41N5O7S. The van der Waals surface area contributed by atoms with Gasteiger partial charge in [0.2, 0.25) is 11.8 Å². The van der Waals surface area contributed by atoms with Crippen molar-refractivity contribution in [2.75, 3.05) is 17.4 Å². The summed E-state index contributed by atoms with van der Waals surface area (Å²) >= 11 is 0. The Bertz CT molecular complexity index is 1380. The van der Waals surface area contributed by atoms with Gasteiger partial charge in [-0.25, -0.2) is 13.8 Å². The van der Waals surface area contributed by atoms with E-state index in [1.165, 1.54) is 12.1 Å². The average Bonchev–Trinajstić information content (AvgIpc) is 3.21. The van der Waals surface area contributed by atoms with Gasteiger partial charge in [0.15, 0.2) is 0 Å². The number of hydrogen-bond donors (Lipinski definition) is 4. The fourth-order valence-corrected chi connectivity index (χ4v) is 5.56. The normalized spacial score (nSPS) is 15.6. The smallest absolute Gasteiger partial charge is 0.408 e. The quantitative estimate of drug-likeness (QED) is 0.251. The number of benzene rings is 2. The topological polar surface area (TPSA) is 163 Å². The molecule has 0 radical (unpaired) electrons. The number of ether oxygens (including phenoxy) is 1. The van der Waals surface area contributed by atoms with Gasteiger partial charge in [0, 0.05) is 19.4 Å². The minimum absolute atomic E-state index is 0.0973. The Labute approximate surface area is 253 Å². The fraction of sp³-hybridized carbons (Fsp3) is 0.467. The SMILES string of the molecule is CCCCCNC(=O)[C@H](Cc1ccc(N2CC(=O)NS2(=O)=O)cc1)NC(=O)[C@H](Cc1ccccc1)NC(=O)OC(C)(C)C. The van der Waals surface area contributed by atoms with Crippen LogP contribution in [-0.2, 0) is 42.2 Å². The van der Waals surface area contributed by atoms with Gasteiger partial charge in [0.25, 0.3) is 5.91 Å². The highest BCUT2D eigenvalue weighted by molar-refractivity contribution is 7.92. The predicted octanol–water partition coefficient (Wildman–Crippen LogP) is 2.34. The van der Waals surface area contributed by atoms with E-state index in [0.29, 0.717) is 12.1 Å². The van der Waals surface area contributed by atoms with E-state index in [2.05, 4.69) is 22.9 Å². The molecule has 0 aromatic heterocycles. The van der Waals surface area contributed by atoms with E-state index in [0.717, 1.165) is 29.1 Å². The van der Waals surface area contributed by atoms with Crippen LogP contribution in [-0.4, -0.2) is 63.0 Å². The Hall–Kier alpha value is -4.13. The highest BCUT2D eigenvalue weighted by Gasteiger charge is 2.34. The van der Waals surface area contributed by atoms with Gasteiger partial charge in [-0.05, 0) is 50.5 Å². The van der Waals surface area contributed by atoms with Crippen molar-refractivity contribution in [3.8, 4) is 0 Å². The van der Waals surface area contributed by atoms with Crippen LogP contribution in [0.25, 0.3) is 0 Å². The van der Waals surface area contributed by atoms with Crippen molar-refractivity contribution in [1.82, 2.24) is 20.7 Å². The molecule has 0 saturated carbocycles. The number of amides is 4. The number of alkyl carbamates (subject to hydrolysis) is 1. The highest BCUT2D eigenvalue weighted by Crippen LogP contribution is 2.21. The lowest BCUT2D eigenvalue weighted by atomic mass is 10.0. The van der Waals surface area contributed by atoms with Crippen LogP contribution in [0.15, 0.2) is 54.6 Å². The summed E-state index contributed by atoms with van der Waals surface area (Å²) in [6.45, 7) is 7.32. The number of anilines is 1. The van der Waals surface area contributed by atoms with Gasteiger partial charge < -0.3 is 20.7 Å². The number of rotatable bonds is 13. The Morgan fingerprint density at radius 2 is 1.51 bits per heavy atom. The van der Waals surface area contributed by atoms with E-state index in [1.54, 1.807) is 32.9 Å². The summed E-state index contributed by atoms with van der Waals surface area (Å²) in [5.74, 6) is -1.58. The molecule has 1 aliphatic rings. The van der Waals surface area contributed by atoms with Crippen molar-refractivity contribution >= 4 is 39.7 Å². The summed E-state index contributed by atoms with van der Waals surface area (Å²) in [6.07, 6.45) is 2.21. The molecule has 1 fully saturated rings. The zero-order valence-electron chi connectivity index (χ0n) is 25.0. The van der Waals surface area contributed by atoms with Gasteiger partial charge >= 0.3 is 16.3 Å². The van der Waals surface area contributed by atoms with Crippen LogP contribution in [0.4, 0.5) is 10.5 Å². The molecule has 2 aromatic rings. The molecule has 43 heavy (non-hydrogen) atoms. The molecule has 1 heterocycles. The Kier molecular flexibility index (Phi) is 11.5. The van der Waals surface area contributed by atoms with Crippen LogP contribution >= 0.6 is 0 Å². The number of unbranched alkanes of at least 4 members (excludes halogenated alkanes) is 2. The molecule has 3 rings (SSSR count). The van der Waals surface area contributed by atoms with E-state index >= 15 is 0 Å². The standard InChI is InChI=1S/C30H41N5O7S/c1-5-6-10-17-31-27(37)24(19-22-13-15-23(16-14-22)35-20-26(36)34-43(35,40)41)32-28(38)25(18-21-11-8-7-9-12-21)33-29(39)42-30(2,3)4/h7-9,11-16,24-25H,5-6,10,17-20H2,1-4H3,(H,31,37)(H,32,38)(H,33,39)(H,34,36)/t24-,25-/m0/s1.